The van der Waals surface area contributed by atoms with Crippen LogP contribution in [0.25, 0.3) is 0 Å². The third kappa shape index (κ3) is 6.00. The summed E-state index contributed by atoms with van der Waals surface area (Å²) >= 11 is 5.67. The van der Waals surface area contributed by atoms with Gasteiger partial charge in [0.15, 0.2) is 0 Å². The monoisotopic (exact) mass is 525 g/mol. The van der Waals surface area contributed by atoms with Gasteiger partial charge in [-0.1, -0.05) is 11.6 Å². The van der Waals surface area contributed by atoms with Crippen LogP contribution in [0.4, 0.5) is 35.3 Å². The summed E-state index contributed by atoms with van der Waals surface area (Å²) < 4.78 is 44.0. The summed E-state index contributed by atoms with van der Waals surface area (Å²) in [4.78, 5) is 35.9. The first-order chi connectivity index (χ1) is 16.8. The first-order valence-corrected chi connectivity index (χ1v) is 12.0. The van der Waals surface area contributed by atoms with Gasteiger partial charge in [-0.05, 0) is 63.3 Å². The smallest absolute Gasteiger partial charge is 0.420 e. The minimum absolute atomic E-state index is 0.0226. The predicted octanol–water partition coefficient (Wildman–Crippen LogP) is 5.43. The molecule has 2 amide bonds. The van der Waals surface area contributed by atoms with Crippen LogP contribution in [0.1, 0.15) is 44.7 Å². The van der Waals surface area contributed by atoms with Crippen molar-refractivity contribution >= 4 is 40.9 Å². The lowest BCUT2D eigenvalue weighted by molar-refractivity contribution is -0.138. The van der Waals surface area contributed by atoms with Gasteiger partial charge in [0, 0.05) is 37.2 Å². The average Bonchev–Trinajstić information content (AvgIpc) is 3.06. The molecule has 1 aromatic heterocycles. The molecule has 1 saturated heterocycles. The number of hydrogen-bond donors (Lipinski definition) is 1. The predicted molar refractivity (Wildman–Crippen MR) is 128 cm³/mol. The molecule has 2 aromatic rings. The van der Waals surface area contributed by atoms with E-state index in [4.69, 9.17) is 16.3 Å². The fraction of sp³-hybridized carbons (Fsp3) is 0.500. The van der Waals surface area contributed by atoms with Gasteiger partial charge in [-0.3, -0.25) is 4.79 Å². The van der Waals surface area contributed by atoms with E-state index in [1.807, 2.05) is 20.8 Å². The van der Waals surface area contributed by atoms with Crippen molar-refractivity contribution in [1.29, 1.82) is 0 Å². The Kier molecular flexibility index (Phi) is 7.05. The van der Waals surface area contributed by atoms with Gasteiger partial charge < -0.3 is 19.9 Å². The molecule has 0 spiro atoms. The van der Waals surface area contributed by atoms with Gasteiger partial charge in [-0.25, -0.2) is 14.8 Å². The number of ether oxygens (including phenoxy) is 1. The molecule has 36 heavy (non-hydrogen) atoms. The number of likely N-dealkylation sites (tertiary alicyclic amines) is 1. The number of fused-ring (bicyclic) bond motifs is 1. The standard InChI is InChI=1S/C24H27ClF3N5O3/c1-23(2,3)36-22(35)32-8-6-14(7-9-32)13-33-18-5-4-16(10-15(18)11-19(33)34)30-21-29-12-17(20(25)31-21)24(26,27)28/h4-5,10,12,14H,6-9,11,13H2,1-3H3,(H,29,30,31). The minimum atomic E-state index is -4.64. The van der Waals surface area contributed by atoms with Crippen molar-refractivity contribution in [2.75, 3.05) is 29.9 Å². The van der Waals surface area contributed by atoms with E-state index in [0.717, 1.165) is 24.1 Å². The summed E-state index contributed by atoms with van der Waals surface area (Å²) in [6, 6.07) is 5.27. The lowest BCUT2D eigenvalue weighted by Crippen LogP contribution is -2.44. The first-order valence-electron chi connectivity index (χ1n) is 11.6. The van der Waals surface area contributed by atoms with E-state index in [9.17, 15) is 22.8 Å². The number of piperidine rings is 1. The maximum Gasteiger partial charge on any atom is 0.420 e. The van der Waals surface area contributed by atoms with Gasteiger partial charge in [0.25, 0.3) is 0 Å². The Morgan fingerprint density at radius 1 is 1.22 bits per heavy atom. The van der Waals surface area contributed by atoms with Crippen LogP contribution in [0.5, 0.6) is 0 Å². The number of nitrogens with zero attached hydrogens (tertiary/aromatic N) is 4. The molecule has 0 atom stereocenters. The Hall–Kier alpha value is -3.08. The van der Waals surface area contributed by atoms with Crippen LogP contribution in [0.2, 0.25) is 5.15 Å². The molecular weight excluding hydrogens is 499 g/mol. The summed E-state index contributed by atoms with van der Waals surface area (Å²) in [6.07, 6.45) is -2.57. The van der Waals surface area contributed by atoms with Gasteiger partial charge in [0.1, 0.15) is 16.3 Å². The van der Waals surface area contributed by atoms with E-state index in [1.54, 1.807) is 28.0 Å². The SMILES string of the molecule is CC(C)(C)OC(=O)N1CCC(CN2C(=O)Cc3cc(Nc4ncc(C(F)(F)F)c(Cl)n4)ccc32)CC1. The Labute approximate surface area is 211 Å². The van der Waals surface area contributed by atoms with Crippen molar-refractivity contribution in [1.82, 2.24) is 14.9 Å². The summed E-state index contributed by atoms with van der Waals surface area (Å²) in [5.41, 5.74) is 0.477. The number of rotatable bonds is 4. The van der Waals surface area contributed by atoms with Crippen molar-refractivity contribution in [2.45, 2.75) is 51.8 Å². The van der Waals surface area contributed by atoms with Gasteiger partial charge >= 0.3 is 12.3 Å². The molecule has 0 aliphatic carbocycles. The van der Waals surface area contributed by atoms with E-state index >= 15 is 0 Å². The molecule has 12 heteroatoms. The van der Waals surface area contributed by atoms with Crippen LogP contribution in [-0.4, -0.2) is 52.1 Å². The second kappa shape index (κ2) is 9.76. The van der Waals surface area contributed by atoms with Crippen LogP contribution in [0.15, 0.2) is 24.4 Å². The Bertz CT molecular complexity index is 1160. The highest BCUT2D eigenvalue weighted by molar-refractivity contribution is 6.30. The van der Waals surface area contributed by atoms with Gasteiger partial charge in [-0.15, -0.1) is 0 Å². The second-order valence-electron chi connectivity index (χ2n) is 9.96. The van der Waals surface area contributed by atoms with Crippen molar-refractivity contribution in [3.05, 3.63) is 40.7 Å². The number of carbonyl (C=O) groups is 2. The highest BCUT2D eigenvalue weighted by Gasteiger charge is 2.35. The number of hydrogen-bond acceptors (Lipinski definition) is 6. The van der Waals surface area contributed by atoms with E-state index < -0.39 is 22.5 Å². The molecule has 0 bridgehead atoms. The topological polar surface area (TPSA) is 87.7 Å². The fourth-order valence-electron chi connectivity index (χ4n) is 4.28. The second-order valence-corrected chi connectivity index (χ2v) is 10.3. The number of benzene rings is 1. The van der Waals surface area contributed by atoms with E-state index in [2.05, 4.69) is 15.3 Å². The Morgan fingerprint density at radius 3 is 2.53 bits per heavy atom. The third-order valence-electron chi connectivity index (χ3n) is 6.02. The molecule has 2 aliphatic heterocycles. The third-order valence-corrected chi connectivity index (χ3v) is 6.31. The van der Waals surface area contributed by atoms with Gasteiger partial charge in [0.2, 0.25) is 11.9 Å². The maximum absolute atomic E-state index is 12.9. The summed E-state index contributed by atoms with van der Waals surface area (Å²) in [7, 11) is 0. The molecule has 8 nitrogen and oxygen atoms in total. The molecule has 3 heterocycles. The Balaban J connectivity index is 1.38. The molecule has 1 aromatic carbocycles. The highest BCUT2D eigenvalue weighted by Crippen LogP contribution is 2.35. The highest BCUT2D eigenvalue weighted by atomic mass is 35.5. The van der Waals surface area contributed by atoms with E-state index in [1.165, 1.54) is 0 Å². The minimum Gasteiger partial charge on any atom is -0.444 e. The van der Waals surface area contributed by atoms with Crippen LogP contribution in [0.3, 0.4) is 0 Å². The summed E-state index contributed by atoms with van der Waals surface area (Å²) in [5.74, 6) is 0.149. The molecule has 2 aliphatic rings. The number of anilines is 3. The molecule has 0 unspecified atom stereocenters. The number of halogens is 4. The van der Waals surface area contributed by atoms with Crippen molar-refractivity contribution < 1.29 is 27.5 Å². The molecule has 0 saturated carbocycles. The van der Waals surface area contributed by atoms with Crippen LogP contribution >= 0.6 is 11.6 Å². The molecule has 194 valence electrons. The Morgan fingerprint density at radius 2 is 1.92 bits per heavy atom. The normalized spacial score (nSPS) is 16.8. The maximum atomic E-state index is 12.9. The van der Waals surface area contributed by atoms with Crippen molar-refractivity contribution in [3.8, 4) is 0 Å². The van der Waals surface area contributed by atoms with Crippen LogP contribution < -0.4 is 10.2 Å². The number of carbonyl (C=O) groups excluding carboxylic acids is 2. The number of nitrogens with one attached hydrogen (secondary N) is 1. The lowest BCUT2D eigenvalue weighted by Gasteiger charge is -2.35. The quantitative estimate of drug-likeness (QED) is 0.536. The van der Waals surface area contributed by atoms with E-state index in [-0.39, 0.29) is 30.3 Å². The zero-order valence-electron chi connectivity index (χ0n) is 20.2. The molecule has 4 rings (SSSR count). The molecule has 1 fully saturated rings. The zero-order chi connectivity index (χ0) is 26.3. The summed E-state index contributed by atoms with van der Waals surface area (Å²) in [5, 5.41) is 2.15. The molecular formula is C24H27ClF3N5O3. The number of aromatic nitrogens is 2. The molecule has 0 radical (unpaired) electrons. The van der Waals surface area contributed by atoms with E-state index in [0.29, 0.717) is 31.5 Å². The van der Waals surface area contributed by atoms with Crippen molar-refractivity contribution in [2.24, 2.45) is 5.92 Å². The number of alkyl halides is 3. The fourth-order valence-corrected chi connectivity index (χ4v) is 4.52. The molecule has 1 N–H and O–H groups in total. The van der Waals surface area contributed by atoms with Crippen LogP contribution in [0, 0.1) is 5.92 Å². The first kappa shape index (κ1) is 26.0. The number of amides is 2. The van der Waals surface area contributed by atoms with Crippen molar-refractivity contribution in [3.63, 3.8) is 0 Å². The largest absolute Gasteiger partial charge is 0.444 e. The lowest BCUT2D eigenvalue weighted by atomic mass is 9.96. The van der Waals surface area contributed by atoms with Gasteiger partial charge in [0.05, 0.1) is 6.42 Å². The summed E-state index contributed by atoms with van der Waals surface area (Å²) in [6.45, 7) is 7.21. The van der Waals surface area contributed by atoms with Gasteiger partial charge in [-0.2, -0.15) is 13.2 Å². The average molecular weight is 526 g/mol. The zero-order valence-corrected chi connectivity index (χ0v) is 20.9. The van der Waals surface area contributed by atoms with Crippen LogP contribution in [-0.2, 0) is 22.1 Å².